The molecule has 9 heteroatoms. The van der Waals surface area contributed by atoms with Crippen molar-refractivity contribution in [1.29, 1.82) is 0 Å². The van der Waals surface area contributed by atoms with Gasteiger partial charge in [-0.3, -0.25) is 9.52 Å². The largest absolute Gasteiger partial charge is 0.406 e. The summed E-state index contributed by atoms with van der Waals surface area (Å²) in [7, 11) is -3.85. The third kappa shape index (κ3) is 4.90. The first-order valence-electron chi connectivity index (χ1n) is 7.99. The van der Waals surface area contributed by atoms with Crippen LogP contribution in [0.3, 0.4) is 0 Å². The van der Waals surface area contributed by atoms with Crippen molar-refractivity contribution >= 4 is 32.5 Å². The molecule has 0 bridgehead atoms. The van der Waals surface area contributed by atoms with Crippen LogP contribution in [0.25, 0.3) is 0 Å². The lowest BCUT2D eigenvalue weighted by Crippen LogP contribution is -2.21. The summed E-state index contributed by atoms with van der Waals surface area (Å²) in [6.07, 6.45) is 2.27. The van der Waals surface area contributed by atoms with Crippen molar-refractivity contribution in [2.24, 2.45) is 5.73 Å². The number of nitrogens with zero attached hydrogens (tertiary/aromatic N) is 1. The van der Waals surface area contributed by atoms with Crippen LogP contribution in [0, 0.1) is 0 Å². The van der Waals surface area contributed by atoms with Crippen LogP contribution < -0.4 is 15.2 Å². The molecule has 2 rings (SSSR count). The minimum absolute atomic E-state index is 0.0728. The fourth-order valence-corrected chi connectivity index (χ4v) is 4.56. The number of thiazole rings is 1. The Labute approximate surface area is 157 Å². The van der Waals surface area contributed by atoms with Gasteiger partial charge < -0.3 is 10.5 Å². The molecular formula is C17H21N3O4S2. The van der Waals surface area contributed by atoms with Crippen LogP contribution in [0.4, 0.5) is 5.13 Å². The van der Waals surface area contributed by atoms with E-state index < -0.39 is 21.2 Å². The van der Waals surface area contributed by atoms with Gasteiger partial charge in [0.1, 0.15) is 5.25 Å². The molecular weight excluding hydrogens is 374 g/mol. The normalized spacial score (nSPS) is 12.4. The average Bonchev–Trinajstić information content (AvgIpc) is 3.01. The summed E-state index contributed by atoms with van der Waals surface area (Å²) in [4.78, 5) is 15.5. The van der Waals surface area contributed by atoms with E-state index in [4.69, 9.17) is 10.5 Å². The van der Waals surface area contributed by atoms with Crippen LogP contribution in [0.1, 0.15) is 36.1 Å². The summed E-state index contributed by atoms with van der Waals surface area (Å²) < 4.78 is 33.0. The molecule has 0 aliphatic heterocycles. The number of nitrogens with one attached hydrogen (secondary N) is 1. The molecule has 0 radical (unpaired) electrons. The Morgan fingerprint density at radius 3 is 2.85 bits per heavy atom. The van der Waals surface area contributed by atoms with Gasteiger partial charge in [0.05, 0.1) is 5.38 Å². The predicted molar refractivity (Wildman–Crippen MR) is 102 cm³/mol. The number of benzene rings is 1. The smallest absolute Gasteiger partial charge is 0.312 e. The number of hydrogen-bond donors (Lipinski definition) is 2. The Morgan fingerprint density at radius 1 is 1.46 bits per heavy atom. The Balaban J connectivity index is 2.20. The van der Waals surface area contributed by atoms with Gasteiger partial charge in [-0.1, -0.05) is 37.3 Å². The van der Waals surface area contributed by atoms with E-state index in [-0.39, 0.29) is 24.0 Å². The molecule has 140 valence electrons. The lowest BCUT2D eigenvalue weighted by atomic mass is 10.0. The van der Waals surface area contributed by atoms with Crippen LogP contribution in [-0.2, 0) is 21.4 Å². The molecule has 0 aliphatic rings. The highest BCUT2D eigenvalue weighted by atomic mass is 32.2. The molecule has 0 saturated heterocycles. The highest BCUT2D eigenvalue weighted by Crippen LogP contribution is 2.30. The number of anilines is 1. The molecule has 0 aliphatic carbocycles. The van der Waals surface area contributed by atoms with Gasteiger partial charge in [-0.15, -0.1) is 17.9 Å². The first-order valence-corrected chi connectivity index (χ1v) is 10.4. The highest BCUT2D eigenvalue weighted by Gasteiger charge is 2.27. The topological polar surface area (TPSA) is 111 Å². The van der Waals surface area contributed by atoms with Crippen LogP contribution >= 0.6 is 11.3 Å². The Bertz CT molecular complexity index is 878. The minimum atomic E-state index is -3.85. The summed E-state index contributed by atoms with van der Waals surface area (Å²) in [5.74, 6) is -0.336. The number of aromatic nitrogens is 1. The van der Waals surface area contributed by atoms with Crippen LogP contribution in [0.5, 0.6) is 5.88 Å². The molecule has 1 aromatic heterocycles. The first-order chi connectivity index (χ1) is 12.4. The maximum Gasteiger partial charge on any atom is 0.312 e. The van der Waals surface area contributed by atoms with E-state index in [0.717, 1.165) is 16.9 Å². The molecule has 26 heavy (non-hydrogen) atoms. The number of esters is 1. The van der Waals surface area contributed by atoms with Gasteiger partial charge in [0.25, 0.3) is 0 Å². The number of carbonyl (C=O) groups is 1. The van der Waals surface area contributed by atoms with Crippen molar-refractivity contribution in [3.05, 3.63) is 53.4 Å². The number of ether oxygens (including phenoxy) is 1. The first kappa shape index (κ1) is 20.1. The Morgan fingerprint density at radius 2 is 2.19 bits per heavy atom. The maximum atomic E-state index is 12.8. The minimum Gasteiger partial charge on any atom is -0.406 e. The molecule has 0 amide bonds. The Hall–Kier alpha value is -2.23. The second-order valence-corrected chi connectivity index (χ2v) is 8.08. The summed E-state index contributed by atoms with van der Waals surface area (Å²) in [6.45, 7) is 5.71. The third-order valence-electron chi connectivity index (χ3n) is 3.52. The van der Waals surface area contributed by atoms with Crippen molar-refractivity contribution in [2.45, 2.75) is 31.6 Å². The number of rotatable bonds is 9. The molecule has 7 nitrogen and oxygen atoms in total. The van der Waals surface area contributed by atoms with Crippen molar-refractivity contribution in [1.82, 2.24) is 4.98 Å². The standard InChI is InChI=1S/C17H21N3O4S2/c1-3-7-16(21)24-15-11-25-17(19-15)20-26(22,23)14(4-2)13-9-6-5-8-12(13)10-18/h4-6,8-9,11,14H,2-3,7,10,18H2,1H3,(H,19,20). The molecule has 1 atom stereocenters. The zero-order valence-electron chi connectivity index (χ0n) is 14.3. The number of nitrogens with two attached hydrogens (primary N) is 1. The Kier molecular flexibility index (Phi) is 6.90. The fraction of sp³-hybridized carbons (Fsp3) is 0.294. The molecule has 1 unspecified atom stereocenters. The van der Waals surface area contributed by atoms with E-state index in [0.29, 0.717) is 12.0 Å². The second kappa shape index (κ2) is 8.93. The molecule has 1 aromatic carbocycles. The predicted octanol–water partition coefficient (Wildman–Crippen LogP) is 2.98. The summed E-state index contributed by atoms with van der Waals surface area (Å²) in [5, 5.41) is 0.598. The molecule has 1 heterocycles. The molecule has 2 aromatic rings. The zero-order valence-corrected chi connectivity index (χ0v) is 16.0. The van der Waals surface area contributed by atoms with Gasteiger partial charge in [0, 0.05) is 13.0 Å². The van der Waals surface area contributed by atoms with Crippen molar-refractivity contribution in [3.63, 3.8) is 0 Å². The number of hydrogen-bond acceptors (Lipinski definition) is 7. The highest BCUT2D eigenvalue weighted by molar-refractivity contribution is 7.93. The van der Waals surface area contributed by atoms with Crippen LogP contribution in [0.2, 0.25) is 0 Å². The van der Waals surface area contributed by atoms with E-state index in [9.17, 15) is 13.2 Å². The lowest BCUT2D eigenvalue weighted by Gasteiger charge is -2.17. The lowest BCUT2D eigenvalue weighted by molar-refractivity contribution is -0.134. The van der Waals surface area contributed by atoms with Crippen molar-refractivity contribution < 1.29 is 17.9 Å². The quantitative estimate of drug-likeness (QED) is 0.499. The monoisotopic (exact) mass is 395 g/mol. The van der Waals surface area contributed by atoms with Gasteiger partial charge in [0.2, 0.25) is 15.9 Å². The summed E-state index contributed by atoms with van der Waals surface area (Å²) in [5.41, 5.74) is 6.98. The van der Waals surface area contributed by atoms with Gasteiger partial charge >= 0.3 is 5.97 Å². The molecule has 0 fully saturated rings. The van der Waals surface area contributed by atoms with Crippen molar-refractivity contribution in [2.75, 3.05) is 4.72 Å². The van der Waals surface area contributed by atoms with E-state index in [1.165, 1.54) is 11.5 Å². The number of carbonyl (C=O) groups excluding carboxylic acids is 1. The third-order valence-corrected chi connectivity index (χ3v) is 5.97. The van der Waals surface area contributed by atoms with E-state index in [1.54, 1.807) is 24.3 Å². The van der Waals surface area contributed by atoms with Crippen molar-refractivity contribution in [3.8, 4) is 5.88 Å². The summed E-state index contributed by atoms with van der Waals surface area (Å²) in [6, 6.07) is 7.02. The van der Waals surface area contributed by atoms with Gasteiger partial charge in [0.15, 0.2) is 5.13 Å². The summed E-state index contributed by atoms with van der Waals surface area (Å²) >= 11 is 1.03. The molecule has 0 saturated carbocycles. The molecule has 0 spiro atoms. The van der Waals surface area contributed by atoms with Gasteiger partial charge in [-0.2, -0.15) is 4.98 Å². The second-order valence-electron chi connectivity index (χ2n) is 5.42. The number of sulfonamides is 1. The zero-order chi connectivity index (χ0) is 19.2. The fourth-order valence-electron chi connectivity index (χ4n) is 2.33. The van der Waals surface area contributed by atoms with Crippen LogP contribution in [0.15, 0.2) is 42.3 Å². The molecule has 3 N–H and O–H groups in total. The van der Waals surface area contributed by atoms with Gasteiger partial charge in [-0.05, 0) is 17.5 Å². The van der Waals surface area contributed by atoms with E-state index in [1.807, 2.05) is 6.92 Å². The van der Waals surface area contributed by atoms with Gasteiger partial charge in [-0.25, -0.2) is 8.42 Å². The average molecular weight is 396 g/mol. The van der Waals surface area contributed by atoms with Crippen LogP contribution in [-0.4, -0.2) is 19.4 Å². The van der Waals surface area contributed by atoms with E-state index >= 15 is 0 Å². The van der Waals surface area contributed by atoms with E-state index in [2.05, 4.69) is 16.3 Å². The SMILES string of the molecule is C=CC(c1ccccc1CN)S(=O)(=O)Nc1nc(OC(=O)CCC)cs1. The maximum absolute atomic E-state index is 12.8.